The molecule has 2 aromatic carbocycles. The van der Waals surface area contributed by atoms with E-state index in [1.165, 1.54) is 12.1 Å². The molecule has 0 saturated carbocycles. The molecule has 3 aromatic rings. The third-order valence-electron chi connectivity index (χ3n) is 2.79. The van der Waals surface area contributed by atoms with Gasteiger partial charge in [0.15, 0.2) is 0 Å². The van der Waals surface area contributed by atoms with Crippen LogP contribution in [0.1, 0.15) is 0 Å². The van der Waals surface area contributed by atoms with Crippen molar-refractivity contribution in [2.75, 3.05) is 11.5 Å². The average Bonchev–Trinajstić information content (AvgIpc) is 2.41. The number of nitrogens with two attached hydrogens (primary N) is 2. The molecule has 0 unspecified atom stereocenters. The number of hydrogen-bond acceptors (Lipinski definition) is 6. The van der Waals surface area contributed by atoms with Gasteiger partial charge in [0, 0.05) is 0 Å². The van der Waals surface area contributed by atoms with Crippen LogP contribution in [-0.4, -0.2) is 15.1 Å². The van der Waals surface area contributed by atoms with Crippen molar-refractivity contribution < 1.29 is 9.84 Å². The lowest BCUT2D eigenvalue weighted by Gasteiger charge is -2.10. The van der Waals surface area contributed by atoms with E-state index in [4.69, 9.17) is 16.2 Å². The summed E-state index contributed by atoms with van der Waals surface area (Å²) in [6, 6.07) is 11.7. The van der Waals surface area contributed by atoms with Gasteiger partial charge in [-0.25, -0.2) is 4.98 Å². The molecule has 1 heterocycles. The number of ether oxygens (including phenoxy) is 1. The number of aromatic nitrogens is 2. The van der Waals surface area contributed by atoms with Crippen molar-refractivity contribution in [2.45, 2.75) is 0 Å². The van der Waals surface area contributed by atoms with Gasteiger partial charge < -0.3 is 21.3 Å². The van der Waals surface area contributed by atoms with E-state index in [-0.39, 0.29) is 17.5 Å². The van der Waals surface area contributed by atoms with E-state index in [0.29, 0.717) is 22.4 Å². The number of nitrogen functional groups attached to an aromatic ring is 2. The van der Waals surface area contributed by atoms with E-state index >= 15 is 0 Å². The zero-order chi connectivity index (χ0) is 14.1. The number of rotatable bonds is 2. The summed E-state index contributed by atoms with van der Waals surface area (Å²) in [5, 5.41) is 9.87. The van der Waals surface area contributed by atoms with Crippen LogP contribution in [0.3, 0.4) is 0 Å². The molecule has 0 bridgehead atoms. The van der Waals surface area contributed by atoms with E-state index in [1.54, 1.807) is 30.3 Å². The first-order chi connectivity index (χ1) is 9.63. The number of nitrogens with zero attached hydrogens (tertiary/aromatic N) is 2. The molecule has 0 aliphatic rings. The smallest absolute Gasteiger partial charge is 0.222 e. The van der Waals surface area contributed by atoms with Gasteiger partial charge >= 0.3 is 0 Å². The van der Waals surface area contributed by atoms with Gasteiger partial charge in [0.2, 0.25) is 5.95 Å². The highest BCUT2D eigenvalue weighted by molar-refractivity contribution is 5.94. The molecule has 100 valence electrons. The standard InChI is InChI=1S/C14H12N4O2/c15-13-12-10(17-14(16)18-13)2-1-3-11(12)20-9-6-4-8(19)5-7-9/h1-7,19H,(H4,15,16,17,18). The Hall–Kier alpha value is -3.02. The number of phenols is 1. The molecule has 6 nitrogen and oxygen atoms in total. The Bertz CT molecular complexity index is 772. The Balaban J connectivity index is 2.09. The van der Waals surface area contributed by atoms with Crippen LogP contribution in [0.25, 0.3) is 10.9 Å². The van der Waals surface area contributed by atoms with Crippen LogP contribution < -0.4 is 16.2 Å². The fourth-order valence-corrected chi connectivity index (χ4v) is 1.92. The molecule has 0 radical (unpaired) electrons. The van der Waals surface area contributed by atoms with Crippen LogP contribution in [0, 0.1) is 0 Å². The van der Waals surface area contributed by atoms with E-state index < -0.39 is 0 Å². The van der Waals surface area contributed by atoms with E-state index in [2.05, 4.69) is 9.97 Å². The van der Waals surface area contributed by atoms with Crippen molar-refractivity contribution in [3.8, 4) is 17.2 Å². The van der Waals surface area contributed by atoms with Gasteiger partial charge in [0.25, 0.3) is 0 Å². The molecular weight excluding hydrogens is 256 g/mol. The molecule has 0 aliphatic heterocycles. The van der Waals surface area contributed by atoms with Crippen LogP contribution in [0.5, 0.6) is 17.2 Å². The summed E-state index contributed by atoms with van der Waals surface area (Å²) in [4.78, 5) is 8.06. The summed E-state index contributed by atoms with van der Waals surface area (Å²) in [6.07, 6.45) is 0. The third kappa shape index (κ3) is 2.14. The predicted molar refractivity (Wildman–Crippen MR) is 76.5 cm³/mol. The van der Waals surface area contributed by atoms with Gasteiger partial charge in [-0.1, -0.05) is 6.07 Å². The molecule has 0 amide bonds. The molecule has 0 aliphatic carbocycles. The van der Waals surface area contributed by atoms with Gasteiger partial charge in [0.1, 0.15) is 23.1 Å². The number of fused-ring (bicyclic) bond motifs is 1. The van der Waals surface area contributed by atoms with Gasteiger partial charge in [0.05, 0.1) is 10.9 Å². The van der Waals surface area contributed by atoms with Crippen molar-refractivity contribution in [3.63, 3.8) is 0 Å². The minimum atomic E-state index is 0.122. The van der Waals surface area contributed by atoms with E-state index in [0.717, 1.165) is 0 Å². The molecule has 0 fully saturated rings. The lowest BCUT2D eigenvalue weighted by molar-refractivity contribution is 0.466. The predicted octanol–water partition coefficient (Wildman–Crippen LogP) is 2.29. The first-order valence-corrected chi connectivity index (χ1v) is 5.92. The summed E-state index contributed by atoms with van der Waals surface area (Å²) >= 11 is 0. The Kier molecular flexibility index (Phi) is 2.76. The maximum atomic E-state index is 9.26. The van der Waals surface area contributed by atoms with Gasteiger partial charge in [-0.05, 0) is 36.4 Å². The molecule has 3 rings (SSSR count). The lowest BCUT2D eigenvalue weighted by Crippen LogP contribution is -2.01. The molecule has 6 heteroatoms. The van der Waals surface area contributed by atoms with Crippen molar-refractivity contribution in [1.82, 2.24) is 9.97 Å². The van der Waals surface area contributed by atoms with Crippen molar-refractivity contribution in [2.24, 2.45) is 0 Å². The maximum absolute atomic E-state index is 9.26. The first kappa shape index (κ1) is 12.0. The van der Waals surface area contributed by atoms with Crippen LogP contribution in [-0.2, 0) is 0 Å². The second kappa shape index (κ2) is 4.58. The minimum Gasteiger partial charge on any atom is -0.508 e. The van der Waals surface area contributed by atoms with Crippen LogP contribution in [0.15, 0.2) is 42.5 Å². The molecule has 0 spiro atoms. The van der Waals surface area contributed by atoms with Crippen molar-refractivity contribution in [3.05, 3.63) is 42.5 Å². The number of hydrogen-bond donors (Lipinski definition) is 3. The average molecular weight is 268 g/mol. The quantitative estimate of drug-likeness (QED) is 0.658. The second-order valence-electron chi connectivity index (χ2n) is 4.21. The van der Waals surface area contributed by atoms with Crippen LogP contribution in [0.2, 0.25) is 0 Å². The van der Waals surface area contributed by atoms with Gasteiger partial charge in [-0.2, -0.15) is 4.98 Å². The Labute approximate surface area is 114 Å². The normalized spacial score (nSPS) is 10.6. The van der Waals surface area contributed by atoms with Crippen LogP contribution in [0.4, 0.5) is 11.8 Å². The summed E-state index contributed by atoms with van der Waals surface area (Å²) in [6.45, 7) is 0. The number of phenolic OH excluding ortho intramolecular Hbond substituents is 1. The number of benzene rings is 2. The highest BCUT2D eigenvalue weighted by Gasteiger charge is 2.10. The molecular formula is C14H12N4O2. The Morgan fingerprint density at radius 3 is 2.45 bits per heavy atom. The Morgan fingerprint density at radius 1 is 0.950 bits per heavy atom. The Morgan fingerprint density at radius 2 is 1.70 bits per heavy atom. The topological polar surface area (TPSA) is 107 Å². The van der Waals surface area contributed by atoms with Crippen molar-refractivity contribution >= 4 is 22.7 Å². The fraction of sp³-hybridized carbons (Fsp3) is 0. The number of anilines is 2. The molecule has 20 heavy (non-hydrogen) atoms. The molecule has 0 saturated heterocycles. The summed E-state index contributed by atoms with van der Waals surface area (Å²) in [5.41, 5.74) is 12.1. The molecule has 1 aromatic heterocycles. The van der Waals surface area contributed by atoms with E-state index in [9.17, 15) is 5.11 Å². The monoisotopic (exact) mass is 268 g/mol. The lowest BCUT2D eigenvalue weighted by atomic mass is 10.2. The van der Waals surface area contributed by atoms with Crippen molar-refractivity contribution in [1.29, 1.82) is 0 Å². The highest BCUT2D eigenvalue weighted by Crippen LogP contribution is 2.32. The number of aromatic hydroxyl groups is 1. The van der Waals surface area contributed by atoms with E-state index in [1.807, 2.05) is 0 Å². The maximum Gasteiger partial charge on any atom is 0.222 e. The summed E-state index contributed by atoms with van der Waals surface area (Å²) in [5.74, 6) is 1.67. The summed E-state index contributed by atoms with van der Waals surface area (Å²) in [7, 11) is 0. The highest BCUT2D eigenvalue weighted by atomic mass is 16.5. The summed E-state index contributed by atoms with van der Waals surface area (Å²) < 4.78 is 5.76. The SMILES string of the molecule is Nc1nc(N)c2c(Oc3ccc(O)cc3)cccc2n1. The zero-order valence-electron chi connectivity index (χ0n) is 10.4. The molecule has 5 N–H and O–H groups in total. The first-order valence-electron chi connectivity index (χ1n) is 5.92. The van der Waals surface area contributed by atoms with Gasteiger partial charge in [-0.3, -0.25) is 0 Å². The van der Waals surface area contributed by atoms with Gasteiger partial charge in [-0.15, -0.1) is 0 Å². The largest absolute Gasteiger partial charge is 0.508 e. The zero-order valence-corrected chi connectivity index (χ0v) is 10.4. The third-order valence-corrected chi connectivity index (χ3v) is 2.79. The van der Waals surface area contributed by atoms with Crippen LogP contribution >= 0.6 is 0 Å². The minimum absolute atomic E-state index is 0.122. The molecule has 0 atom stereocenters. The second-order valence-corrected chi connectivity index (χ2v) is 4.21. The fourth-order valence-electron chi connectivity index (χ4n) is 1.92.